The maximum absolute atomic E-state index is 12.9. The summed E-state index contributed by atoms with van der Waals surface area (Å²) in [6.07, 6.45) is 105. The second kappa shape index (κ2) is 71.2. The normalized spacial score (nSPS) is 13.9. The van der Waals surface area contributed by atoms with Gasteiger partial charge in [-0.3, -0.25) is 18.6 Å². The molecule has 0 radical (unpaired) electrons. The number of hydrogen-bond acceptors (Lipinski definition) is 7. The highest BCUT2D eigenvalue weighted by molar-refractivity contribution is 7.47. The Morgan fingerprint density at radius 3 is 0.870 bits per heavy atom. The monoisotopic (exact) mass is 1300 g/mol. The molecule has 0 heterocycles. The van der Waals surface area contributed by atoms with Crippen LogP contribution in [0.2, 0.25) is 0 Å². The second-order valence-corrected chi connectivity index (χ2v) is 27.4. The van der Waals surface area contributed by atoms with Gasteiger partial charge in [0.25, 0.3) is 0 Å². The van der Waals surface area contributed by atoms with Crippen molar-refractivity contribution in [2.24, 2.45) is 0 Å². The summed E-state index contributed by atoms with van der Waals surface area (Å²) in [5.74, 6) is -0.796. The number of carbonyl (C=O) groups is 2. The van der Waals surface area contributed by atoms with Gasteiger partial charge in [-0.05, 0) is 116 Å². The average Bonchev–Trinajstić information content (AvgIpc) is 2.34. The number of phosphoric acid groups is 1. The van der Waals surface area contributed by atoms with E-state index in [2.05, 4.69) is 160 Å². The van der Waals surface area contributed by atoms with Gasteiger partial charge in [0.2, 0.25) is 0 Å². The fraction of sp³-hybridized carbons (Fsp3) is 0.683. The SMILES string of the molecule is CC/C=C\C/C=C\C/C=C\C/C=C\C/C=C\C/C=C\CCCCCCCCCCCCCCCCCCCCC(=O)OC(COC(=O)CCCCCCCCCCCCCC/C=C\C/C=C\C/C=C\C/C=C\C/C=C\C/C=C\CC)COP(=O)(O)OCC[N+](C)(C)C. The lowest BCUT2D eigenvalue weighted by atomic mass is 10.0. The molecule has 0 aliphatic heterocycles. The number of rotatable bonds is 68. The summed E-state index contributed by atoms with van der Waals surface area (Å²) in [6.45, 7) is 4.22. The van der Waals surface area contributed by atoms with Gasteiger partial charge in [-0.25, -0.2) is 4.57 Å². The smallest absolute Gasteiger partial charge is 0.462 e. The summed E-state index contributed by atoms with van der Waals surface area (Å²) in [6, 6.07) is 0. The van der Waals surface area contributed by atoms with E-state index in [1.807, 2.05) is 21.1 Å². The van der Waals surface area contributed by atoms with Crippen LogP contribution in [0.4, 0.5) is 0 Å². The van der Waals surface area contributed by atoms with Gasteiger partial charge >= 0.3 is 19.8 Å². The number of allylic oxidation sites excluding steroid dienone is 24. The number of phosphoric ester groups is 1. The fourth-order valence-electron chi connectivity index (χ4n) is 10.2. The third kappa shape index (κ3) is 74.9. The zero-order valence-corrected chi connectivity index (χ0v) is 60.9. The molecular formula is C82H141NO8P+. The highest BCUT2D eigenvalue weighted by Gasteiger charge is 2.27. The number of ether oxygens (including phenoxy) is 2. The molecule has 0 aliphatic rings. The summed E-state index contributed by atoms with van der Waals surface area (Å²) in [7, 11) is 1.47. The number of likely N-dealkylation sites (N-methyl/N-ethyl adjacent to an activating group) is 1. The second-order valence-electron chi connectivity index (χ2n) is 25.9. The Kier molecular flexibility index (Phi) is 68.0. The van der Waals surface area contributed by atoms with Crippen molar-refractivity contribution in [3.63, 3.8) is 0 Å². The van der Waals surface area contributed by atoms with Crippen LogP contribution in [0.15, 0.2) is 146 Å². The molecule has 0 aromatic carbocycles. The Hall–Kier alpha value is -4.11. The Morgan fingerprint density at radius 1 is 0.337 bits per heavy atom. The third-order valence-electron chi connectivity index (χ3n) is 15.9. The van der Waals surface area contributed by atoms with Gasteiger partial charge in [0, 0.05) is 12.8 Å². The minimum Gasteiger partial charge on any atom is -0.462 e. The quantitative estimate of drug-likeness (QED) is 0.0211. The van der Waals surface area contributed by atoms with Gasteiger partial charge in [0.15, 0.2) is 6.10 Å². The zero-order chi connectivity index (χ0) is 66.9. The van der Waals surface area contributed by atoms with E-state index in [1.54, 1.807) is 0 Å². The van der Waals surface area contributed by atoms with Crippen LogP contribution in [-0.4, -0.2) is 74.9 Å². The van der Waals surface area contributed by atoms with Gasteiger partial charge in [0.05, 0.1) is 27.7 Å². The molecule has 92 heavy (non-hydrogen) atoms. The van der Waals surface area contributed by atoms with Crippen LogP contribution in [0.3, 0.4) is 0 Å². The molecule has 0 rings (SSSR count). The Bertz CT molecular complexity index is 2070. The van der Waals surface area contributed by atoms with Crippen LogP contribution in [0.25, 0.3) is 0 Å². The van der Waals surface area contributed by atoms with Gasteiger partial charge in [-0.1, -0.05) is 327 Å². The molecule has 0 aromatic rings. The standard InChI is InChI=1S/C82H140NO8P/c1-6-8-10-12-14-16-18-20-22-24-26-28-30-32-34-36-38-39-40-41-42-43-45-47-49-51-53-55-57-59-61-63-65-67-69-71-73-75-82(85)91-80(79-90-92(86,87)89-77-76-83(3,4)5)78-88-81(84)74-72-70-68-66-64-62-60-58-56-54-52-50-48-46-44-37-35-33-31-29-27-25-23-21-19-17-15-13-11-9-7-2/h8-11,14-17,20-23,26-29,32-35,38-39,44,46,80H,6-7,12-13,18-19,24-25,30-31,36-37,40-43,45,47-79H2,1-5H3/p+1/b10-8-,11-9-,16-14-,17-15-,22-20-,23-21-,28-26-,29-27-,34-32-,35-33-,39-38-,46-44-. The van der Waals surface area contributed by atoms with E-state index in [1.165, 1.54) is 161 Å². The van der Waals surface area contributed by atoms with E-state index in [0.717, 1.165) is 116 Å². The van der Waals surface area contributed by atoms with Gasteiger partial charge < -0.3 is 18.9 Å². The van der Waals surface area contributed by atoms with Crippen molar-refractivity contribution in [2.45, 2.75) is 315 Å². The summed E-state index contributed by atoms with van der Waals surface area (Å²) < 4.78 is 34.8. The number of nitrogens with zero attached hydrogens (tertiary/aromatic N) is 1. The molecule has 0 bridgehead atoms. The third-order valence-corrected chi connectivity index (χ3v) is 16.8. The largest absolute Gasteiger partial charge is 0.472 e. The molecule has 0 saturated heterocycles. The topological polar surface area (TPSA) is 108 Å². The molecule has 0 aliphatic carbocycles. The summed E-state index contributed by atoms with van der Waals surface area (Å²) in [5.41, 5.74) is 0. The van der Waals surface area contributed by atoms with Crippen molar-refractivity contribution >= 4 is 19.8 Å². The van der Waals surface area contributed by atoms with Crippen molar-refractivity contribution in [1.82, 2.24) is 0 Å². The zero-order valence-electron chi connectivity index (χ0n) is 60.0. The summed E-state index contributed by atoms with van der Waals surface area (Å²) in [5, 5.41) is 0. The molecule has 0 amide bonds. The number of unbranched alkanes of at least 4 members (excludes halogenated alkanes) is 30. The van der Waals surface area contributed by atoms with Crippen LogP contribution >= 0.6 is 7.82 Å². The van der Waals surface area contributed by atoms with Crippen LogP contribution in [0, 0.1) is 0 Å². The molecular weight excluding hydrogens is 1160 g/mol. The molecule has 9 nitrogen and oxygen atoms in total. The van der Waals surface area contributed by atoms with Crippen molar-refractivity contribution < 1.29 is 42.1 Å². The average molecular weight is 1300 g/mol. The Labute approximate surface area is 567 Å². The van der Waals surface area contributed by atoms with Crippen LogP contribution < -0.4 is 0 Å². The first-order chi connectivity index (χ1) is 45.0. The van der Waals surface area contributed by atoms with E-state index < -0.39 is 26.5 Å². The lowest BCUT2D eigenvalue weighted by Crippen LogP contribution is -2.37. The minimum absolute atomic E-state index is 0.0269. The molecule has 0 spiro atoms. The number of hydrogen-bond donors (Lipinski definition) is 1. The molecule has 0 fully saturated rings. The molecule has 1 N–H and O–H groups in total. The first-order valence-electron chi connectivity index (χ1n) is 37.6. The van der Waals surface area contributed by atoms with E-state index >= 15 is 0 Å². The highest BCUT2D eigenvalue weighted by Crippen LogP contribution is 2.43. The van der Waals surface area contributed by atoms with Crippen LogP contribution in [0.1, 0.15) is 309 Å². The van der Waals surface area contributed by atoms with Crippen LogP contribution in [-0.2, 0) is 32.7 Å². The predicted octanol–water partition coefficient (Wildman–Crippen LogP) is 24.9. The first-order valence-corrected chi connectivity index (χ1v) is 39.1. The summed E-state index contributed by atoms with van der Waals surface area (Å²) >= 11 is 0. The number of esters is 2. The van der Waals surface area contributed by atoms with Crippen molar-refractivity contribution in [3.8, 4) is 0 Å². The summed E-state index contributed by atoms with van der Waals surface area (Å²) in [4.78, 5) is 36.0. The molecule has 0 saturated carbocycles. The maximum atomic E-state index is 12.9. The lowest BCUT2D eigenvalue weighted by Gasteiger charge is -2.24. The van der Waals surface area contributed by atoms with Gasteiger partial charge in [-0.15, -0.1) is 0 Å². The Morgan fingerprint density at radius 2 is 0.587 bits per heavy atom. The Balaban J connectivity index is 4.02. The highest BCUT2D eigenvalue weighted by atomic mass is 31.2. The van der Waals surface area contributed by atoms with Crippen molar-refractivity contribution in [2.75, 3.05) is 47.5 Å². The van der Waals surface area contributed by atoms with Gasteiger partial charge in [-0.2, -0.15) is 0 Å². The number of carbonyl (C=O) groups excluding carboxylic acids is 2. The first kappa shape index (κ1) is 87.9. The molecule has 2 unspecified atom stereocenters. The predicted molar refractivity (Wildman–Crippen MR) is 399 cm³/mol. The fourth-order valence-corrected chi connectivity index (χ4v) is 10.9. The number of quaternary nitrogens is 1. The van der Waals surface area contributed by atoms with Crippen molar-refractivity contribution in [3.05, 3.63) is 146 Å². The van der Waals surface area contributed by atoms with Crippen LogP contribution in [0.5, 0.6) is 0 Å². The van der Waals surface area contributed by atoms with E-state index in [4.69, 9.17) is 18.5 Å². The maximum Gasteiger partial charge on any atom is 0.472 e. The van der Waals surface area contributed by atoms with Crippen molar-refractivity contribution in [1.29, 1.82) is 0 Å². The van der Waals surface area contributed by atoms with E-state index in [9.17, 15) is 19.0 Å². The van der Waals surface area contributed by atoms with E-state index in [0.29, 0.717) is 17.4 Å². The van der Waals surface area contributed by atoms with Gasteiger partial charge in [0.1, 0.15) is 19.8 Å². The minimum atomic E-state index is -4.40. The van der Waals surface area contributed by atoms with E-state index in [-0.39, 0.29) is 32.0 Å². The molecule has 526 valence electrons. The molecule has 10 heteroatoms. The molecule has 0 aromatic heterocycles. The lowest BCUT2D eigenvalue weighted by molar-refractivity contribution is -0.870. The molecule has 2 atom stereocenters.